The van der Waals surface area contributed by atoms with Crippen molar-refractivity contribution in [3.63, 3.8) is 0 Å². The molecule has 0 saturated carbocycles. The molecule has 2 atom stereocenters. The summed E-state index contributed by atoms with van der Waals surface area (Å²) in [5, 5.41) is 3.47. The van der Waals surface area contributed by atoms with Crippen LogP contribution in [-0.4, -0.2) is 25.3 Å². The first-order valence-electron chi connectivity index (χ1n) is 5.67. The van der Waals surface area contributed by atoms with Crippen molar-refractivity contribution in [3.05, 3.63) is 0 Å². The molecule has 1 saturated heterocycles. The molecule has 1 N–H and O–H groups in total. The Balaban J connectivity index is 2.35. The van der Waals surface area contributed by atoms with Crippen LogP contribution in [0.15, 0.2) is 0 Å². The van der Waals surface area contributed by atoms with Crippen LogP contribution in [0.3, 0.4) is 0 Å². The van der Waals surface area contributed by atoms with Crippen LogP contribution in [0.1, 0.15) is 39.0 Å². The Morgan fingerprint density at radius 3 is 3.00 bits per heavy atom. The molecular formula is C12H21NO. The molecule has 0 spiro atoms. The van der Waals surface area contributed by atoms with Gasteiger partial charge in [-0.3, -0.25) is 0 Å². The van der Waals surface area contributed by atoms with Gasteiger partial charge in [0.25, 0.3) is 0 Å². The summed E-state index contributed by atoms with van der Waals surface area (Å²) in [5.74, 6) is 2.73. The summed E-state index contributed by atoms with van der Waals surface area (Å²) in [6.45, 7) is 4.10. The fourth-order valence-corrected chi connectivity index (χ4v) is 1.87. The van der Waals surface area contributed by atoms with Crippen molar-refractivity contribution in [2.45, 2.75) is 51.2 Å². The molecule has 0 aromatic heterocycles. The van der Waals surface area contributed by atoms with Gasteiger partial charge in [0.05, 0.1) is 6.10 Å². The second kappa shape index (κ2) is 6.86. The van der Waals surface area contributed by atoms with Gasteiger partial charge in [-0.1, -0.05) is 6.92 Å². The van der Waals surface area contributed by atoms with Gasteiger partial charge in [-0.2, -0.15) is 0 Å². The predicted molar refractivity (Wildman–Crippen MR) is 59.1 cm³/mol. The van der Waals surface area contributed by atoms with Crippen molar-refractivity contribution < 1.29 is 4.74 Å². The van der Waals surface area contributed by atoms with E-state index in [2.05, 4.69) is 18.2 Å². The van der Waals surface area contributed by atoms with Gasteiger partial charge >= 0.3 is 0 Å². The van der Waals surface area contributed by atoms with E-state index < -0.39 is 0 Å². The van der Waals surface area contributed by atoms with Gasteiger partial charge in [0.15, 0.2) is 0 Å². The highest BCUT2D eigenvalue weighted by molar-refractivity contribution is 4.93. The number of terminal acetylenes is 1. The molecule has 1 aliphatic rings. The molecule has 0 amide bonds. The number of hydrogen-bond donors (Lipinski definition) is 1. The first-order chi connectivity index (χ1) is 6.88. The largest absolute Gasteiger partial charge is 0.377 e. The minimum absolute atomic E-state index is 0.339. The molecule has 1 aliphatic heterocycles. The molecule has 0 aliphatic carbocycles. The first-order valence-corrected chi connectivity index (χ1v) is 5.67. The number of hydrogen-bond acceptors (Lipinski definition) is 2. The lowest BCUT2D eigenvalue weighted by Gasteiger charge is -2.30. The zero-order chi connectivity index (χ0) is 10.2. The van der Waals surface area contributed by atoms with E-state index in [1.54, 1.807) is 0 Å². The molecule has 2 nitrogen and oxygen atoms in total. The molecular weight excluding hydrogens is 174 g/mol. The number of rotatable bonds is 5. The summed E-state index contributed by atoms with van der Waals surface area (Å²) in [7, 11) is 0. The third-order valence-electron chi connectivity index (χ3n) is 2.66. The minimum atomic E-state index is 0.339. The average Bonchev–Trinajstić information content (AvgIpc) is 2.25. The summed E-state index contributed by atoms with van der Waals surface area (Å²) in [6.07, 6.45) is 11.3. The van der Waals surface area contributed by atoms with Crippen molar-refractivity contribution in [1.82, 2.24) is 5.32 Å². The third-order valence-corrected chi connectivity index (χ3v) is 2.66. The SMILES string of the molecule is C#CCC(NCCC)C1CCCCO1. The summed E-state index contributed by atoms with van der Waals surface area (Å²) >= 11 is 0. The van der Waals surface area contributed by atoms with Crippen LogP contribution in [-0.2, 0) is 4.74 Å². The fraction of sp³-hybridized carbons (Fsp3) is 0.833. The lowest BCUT2D eigenvalue weighted by Crippen LogP contribution is -2.43. The molecule has 0 aromatic rings. The smallest absolute Gasteiger partial charge is 0.0737 e. The standard InChI is InChI=1S/C12H21NO/c1-3-7-11(13-9-4-2)12-8-5-6-10-14-12/h1,11-13H,4-10H2,2H3. The quantitative estimate of drug-likeness (QED) is 0.677. The van der Waals surface area contributed by atoms with E-state index in [9.17, 15) is 0 Å². The van der Waals surface area contributed by atoms with Crippen LogP contribution in [0.2, 0.25) is 0 Å². The van der Waals surface area contributed by atoms with Gasteiger partial charge < -0.3 is 10.1 Å². The predicted octanol–water partition coefficient (Wildman–Crippen LogP) is 1.95. The topological polar surface area (TPSA) is 21.3 Å². The Labute approximate surface area is 87.4 Å². The Morgan fingerprint density at radius 2 is 2.43 bits per heavy atom. The van der Waals surface area contributed by atoms with Crippen molar-refractivity contribution in [2.24, 2.45) is 0 Å². The lowest BCUT2D eigenvalue weighted by atomic mass is 10.00. The highest BCUT2D eigenvalue weighted by Crippen LogP contribution is 2.17. The third kappa shape index (κ3) is 3.69. The Hall–Kier alpha value is -0.520. The van der Waals surface area contributed by atoms with Crippen LogP contribution < -0.4 is 5.32 Å². The molecule has 2 unspecified atom stereocenters. The highest BCUT2D eigenvalue weighted by Gasteiger charge is 2.22. The van der Waals surface area contributed by atoms with Gasteiger partial charge in [0.2, 0.25) is 0 Å². The molecule has 80 valence electrons. The molecule has 1 heterocycles. The van der Waals surface area contributed by atoms with Crippen molar-refractivity contribution in [2.75, 3.05) is 13.2 Å². The second-order valence-electron chi connectivity index (χ2n) is 3.87. The fourth-order valence-electron chi connectivity index (χ4n) is 1.87. The van der Waals surface area contributed by atoms with Gasteiger partial charge in [-0.15, -0.1) is 12.3 Å². The maximum absolute atomic E-state index is 5.73. The molecule has 0 radical (unpaired) electrons. The molecule has 1 rings (SSSR count). The van der Waals surface area contributed by atoms with Crippen molar-refractivity contribution in [3.8, 4) is 12.3 Å². The van der Waals surface area contributed by atoms with Crippen LogP contribution in [0, 0.1) is 12.3 Å². The zero-order valence-electron chi connectivity index (χ0n) is 9.09. The lowest BCUT2D eigenvalue weighted by molar-refractivity contribution is -0.00638. The summed E-state index contributed by atoms with van der Waals surface area (Å²) in [4.78, 5) is 0. The maximum atomic E-state index is 5.73. The van der Waals surface area contributed by atoms with E-state index >= 15 is 0 Å². The van der Waals surface area contributed by atoms with E-state index in [1.165, 1.54) is 12.8 Å². The molecule has 1 fully saturated rings. The monoisotopic (exact) mass is 195 g/mol. The van der Waals surface area contributed by atoms with Gasteiger partial charge in [-0.25, -0.2) is 0 Å². The number of nitrogens with one attached hydrogen (secondary N) is 1. The van der Waals surface area contributed by atoms with Crippen LogP contribution >= 0.6 is 0 Å². The first kappa shape index (κ1) is 11.6. The summed E-state index contributed by atoms with van der Waals surface area (Å²) in [5.41, 5.74) is 0. The summed E-state index contributed by atoms with van der Waals surface area (Å²) < 4.78 is 5.73. The van der Waals surface area contributed by atoms with Crippen LogP contribution in [0.5, 0.6) is 0 Å². The summed E-state index contributed by atoms with van der Waals surface area (Å²) in [6, 6.07) is 0.361. The molecule has 0 bridgehead atoms. The van der Waals surface area contributed by atoms with Crippen LogP contribution in [0.4, 0.5) is 0 Å². The van der Waals surface area contributed by atoms with Gasteiger partial charge in [0.1, 0.15) is 0 Å². The van der Waals surface area contributed by atoms with E-state index in [0.29, 0.717) is 12.1 Å². The second-order valence-corrected chi connectivity index (χ2v) is 3.87. The highest BCUT2D eigenvalue weighted by atomic mass is 16.5. The average molecular weight is 195 g/mol. The van der Waals surface area contributed by atoms with E-state index in [4.69, 9.17) is 11.2 Å². The Bertz CT molecular complexity index is 179. The Kier molecular flexibility index (Phi) is 5.66. The van der Waals surface area contributed by atoms with Crippen molar-refractivity contribution in [1.29, 1.82) is 0 Å². The Morgan fingerprint density at radius 1 is 1.57 bits per heavy atom. The number of ether oxygens (including phenoxy) is 1. The zero-order valence-corrected chi connectivity index (χ0v) is 9.09. The van der Waals surface area contributed by atoms with E-state index in [-0.39, 0.29) is 0 Å². The molecule has 0 aromatic carbocycles. The van der Waals surface area contributed by atoms with Gasteiger partial charge in [-0.05, 0) is 32.2 Å². The van der Waals surface area contributed by atoms with Crippen LogP contribution in [0.25, 0.3) is 0 Å². The van der Waals surface area contributed by atoms with E-state index in [1.807, 2.05) is 0 Å². The molecule has 14 heavy (non-hydrogen) atoms. The minimum Gasteiger partial charge on any atom is -0.377 e. The maximum Gasteiger partial charge on any atom is 0.0737 e. The van der Waals surface area contributed by atoms with E-state index in [0.717, 1.165) is 32.4 Å². The van der Waals surface area contributed by atoms with Gasteiger partial charge in [0, 0.05) is 19.1 Å². The normalized spacial score (nSPS) is 24.1. The van der Waals surface area contributed by atoms with Crippen molar-refractivity contribution >= 4 is 0 Å². The molecule has 2 heteroatoms.